The van der Waals surface area contributed by atoms with E-state index in [1.807, 2.05) is 12.1 Å². The minimum Gasteiger partial charge on any atom is -0.485 e. The lowest BCUT2D eigenvalue weighted by Gasteiger charge is -2.40. The molecule has 28 heavy (non-hydrogen) atoms. The predicted molar refractivity (Wildman–Crippen MR) is 104 cm³/mol. The molecule has 1 aromatic rings. The van der Waals surface area contributed by atoms with Crippen molar-refractivity contribution in [2.75, 3.05) is 11.4 Å². The van der Waals surface area contributed by atoms with Crippen molar-refractivity contribution in [1.82, 2.24) is 0 Å². The zero-order valence-corrected chi connectivity index (χ0v) is 15.9. The molecule has 0 N–H and O–H groups in total. The van der Waals surface area contributed by atoms with Crippen molar-refractivity contribution in [3.05, 3.63) is 76.2 Å². The highest BCUT2D eigenvalue weighted by Crippen LogP contribution is 2.53. The summed E-state index contributed by atoms with van der Waals surface area (Å²) in [4.78, 5) is 24.6. The summed E-state index contributed by atoms with van der Waals surface area (Å²) in [5.74, 6) is 0.649. The lowest BCUT2D eigenvalue weighted by molar-refractivity contribution is -0.129. The molecule has 5 nitrogen and oxygen atoms in total. The highest BCUT2D eigenvalue weighted by molar-refractivity contribution is 6.02. The van der Waals surface area contributed by atoms with E-state index in [2.05, 4.69) is 37.0 Å². The van der Waals surface area contributed by atoms with Crippen molar-refractivity contribution >= 4 is 17.9 Å². The SMILES string of the molecule is CC1(C)C2=C3C=C4C=CC(=O)C=C4OC3CCN2c2ccc(COC=O)cc21. The Bertz CT molecular complexity index is 1030. The summed E-state index contributed by atoms with van der Waals surface area (Å²) < 4.78 is 11.2. The second-order valence-corrected chi connectivity index (χ2v) is 8.08. The first-order chi connectivity index (χ1) is 13.5. The lowest BCUT2D eigenvalue weighted by atomic mass is 9.78. The number of ether oxygens (including phenoxy) is 2. The molecule has 1 aromatic carbocycles. The van der Waals surface area contributed by atoms with Crippen LogP contribution in [0.4, 0.5) is 5.69 Å². The molecule has 3 aliphatic heterocycles. The average Bonchev–Trinajstić information content (AvgIpc) is 2.92. The molecule has 0 spiro atoms. The molecule has 0 saturated carbocycles. The number of rotatable bonds is 3. The standard InChI is InChI=1S/C23H21NO4/c1-23(2)18-9-14(12-27-13-25)3-6-19(18)24-8-7-20-17(22(23)24)10-15-4-5-16(26)11-21(15)28-20/h3-6,9-11,13,20H,7-8,12H2,1-2H3. The molecular weight excluding hydrogens is 354 g/mol. The normalized spacial score (nSPS) is 23.7. The molecule has 0 aromatic heterocycles. The molecule has 142 valence electrons. The van der Waals surface area contributed by atoms with Gasteiger partial charge in [0.25, 0.3) is 6.47 Å². The van der Waals surface area contributed by atoms with Crippen LogP contribution in [0.2, 0.25) is 0 Å². The van der Waals surface area contributed by atoms with E-state index in [1.54, 1.807) is 12.2 Å². The van der Waals surface area contributed by atoms with E-state index in [9.17, 15) is 9.59 Å². The average molecular weight is 375 g/mol. The molecule has 0 amide bonds. The molecule has 0 saturated heterocycles. The zero-order chi connectivity index (χ0) is 19.5. The monoisotopic (exact) mass is 375 g/mol. The van der Waals surface area contributed by atoms with E-state index in [-0.39, 0.29) is 23.9 Å². The Morgan fingerprint density at radius 1 is 1.29 bits per heavy atom. The fourth-order valence-electron chi connectivity index (χ4n) is 4.77. The summed E-state index contributed by atoms with van der Waals surface area (Å²) in [6, 6.07) is 6.28. The van der Waals surface area contributed by atoms with Crippen molar-refractivity contribution in [2.24, 2.45) is 0 Å². The van der Waals surface area contributed by atoms with Gasteiger partial charge in [0.1, 0.15) is 18.5 Å². The second-order valence-electron chi connectivity index (χ2n) is 8.08. The highest BCUT2D eigenvalue weighted by atomic mass is 16.5. The topological polar surface area (TPSA) is 55.8 Å². The van der Waals surface area contributed by atoms with E-state index >= 15 is 0 Å². The van der Waals surface area contributed by atoms with Crippen molar-refractivity contribution in [3.63, 3.8) is 0 Å². The van der Waals surface area contributed by atoms with Crippen LogP contribution in [0, 0.1) is 0 Å². The van der Waals surface area contributed by atoms with Crippen molar-refractivity contribution in [3.8, 4) is 0 Å². The number of fused-ring (bicyclic) bond motifs is 5. The van der Waals surface area contributed by atoms with Gasteiger partial charge in [-0.3, -0.25) is 9.59 Å². The quantitative estimate of drug-likeness (QED) is 0.758. The van der Waals surface area contributed by atoms with Gasteiger partial charge in [0.15, 0.2) is 5.78 Å². The molecule has 1 atom stereocenters. The maximum atomic E-state index is 11.7. The number of ketones is 1. The van der Waals surface area contributed by atoms with Crippen molar-refractivity contribution in [2.45, 2.75) is 38.4 Å². The van der Waals surface area contributed by atoms with Crippen molar-refractivity contribution in [1.29, 1.82) is 0 Å². The summed E-state index contributed by atoms with van der Waals surface area (Å²) in [5, 5.41) is 0. The number of hydrogen-bond acceptors (Lipinski definition) is 5. The molecule has 0 radical (unpaired) electrons. The smallest absolute Gasteiger partial charge is 0.293 e. The molecule has 0 bridgehead atoms. The summed E-state index contributed by atoms with van der Waals surface area (Å²) in [6.45, 7) is 6.08. The summed E-state index contributed by atoms with van der Waals surface area (Å²) in [6.07, 6.45) is 8.00. The second kappa shape index (κ2) is 5.96. The van der Waals surface area contributed by atoms with E-state index in [1.165, 1.54) is 22.5 Å². The minimum atomic E-state index is -0.198. The molecular formula is C23H21NO4. The Hall–Kier alpha value is -3.08. The summed E-state index contributed by atoms with van der Waals surface area (Å²) in [5.41, 5.74) is 6.61. The third-order valence-electron chi connectivity index (χ3n) is 6.01. The minimum absolute atomic E-state index is 0.0284. The molecule has 5 heteroatoms. The summed E-state index contributed by atoms with van der Waals surface area (Å²) >= 11 is 0. The number of carbonyl (C=O) groups excluding carboxylic acids is 2. The number of carbonyl (C=O) groups is 2. The number of benzene rings is 1. The van der Waals surface area contributed by atoms with Gasteiger partial charge in [-0.05, 0) is 41.5 Å². The van der Waals surface area contributed by atoms with Crippen LogP contribution >= 0.6 is 0 Å². The third kappa shape index (κ3) is 2.39. The Morgan fingerprint density at radius 2 is 2.14 bits per heavy atom. The fraction of sp³-hybridized carbons (Fsp3) is 0.304. The molecule has 1 unspecified atom stereocenters. The van der Waals surface area contributed by atoms with Crippen LogP contribution in [0.1, 0.15) is 31.4 Å². The summed E-state index contributed by atoms with van der Waals surface area (Å²) in [7, 11) is 0. The van der Waals surface area contributed by atoms with Crippen LogP contribution in [0.25, 0.3) is 0 Å². The number of nitrogens with zero attached hydrogens (tertiary/aromatic N) is 1. The lowest BCUT2D eigenvalue weighted by Crippen LogP contribution is -2.39. The first-order valence-electron chi connectivity index (χ1n) is 9.52. The van der Waals surface area contributed by atoms with E-state index < -0.39 is 0 Å². The first-order valence-corrected chi connectivity index (χ1v) is 9.52. The molecule has 1 aliphatic carbocycles. The van der Waals surface area contributed by atoms with Crippen LogP contribution in [0.5, 0.6) is 0 Å². The van der Waals surface area contributed by atoms with Crippen molar-refractivity contribution < 1.29 is 19.1 Å². The van der Waals surface area contributed by atoms with Gasteiger partial charge in [-0.15, -0.1) is 0 Å². The molecule has 0 fully saturated rings. The van der Waals surface area contributed by atoms with Crippen LogP contribution in [-0.4, -0.2) is 24.9 Å². The van der Waals surface area contributed by atoms with Gasteiger partial charge >= 0.3 is 0 Å². The molecule has 4 aliphatic rings. The van der Waals surface area contributed by atoms with Gasteiger partial charge in [0.05, 0.1) is 0 Å². The fourth-order valence-corrected chi connectivity index (χ4v) is 4.77. The van der Waals surface area contributed by atoms with E-state index in [0.717, 1.165) is 24.1 Å². The Balaban J connectivity index is 1.64. The number of allylic oxidation sites excluding steroid dienone is 4. The van der Waals surface area contributed by atoms with Gasteiger partial charge in [0, 0.05) is 47.0 Å². The third-order valence-corrected chi connectivity index (χ3v) is 6.01. The first kappa shape index (κ1) is 17.0. The maximum absolute atomic E-state index is 11.7. The van der Waals surface area contributed by atoms with Gasteiger partial charge in [-0.2, -0.15) is 0 Å². The van der Waals surface area contributed by atoms with Gasteiger partial charge in [0.2, 0.25) is 0 Å². The van der Waals surface area contributed by atoms with E-state index in [4.69, 9.17) is 9.47 Å². The Kier molecular flexibility index (Phi) is 3.63. The highest BCUT2D eigenvalue weighted by Gasteiger charge is 2.46. The predicted octanol–water partition coefficient (Wildman–Crippen LogP) is 3.46. The number of hydrogen-bond donors (Lipinski definition) is 0. The van der Waals surface area contributed by atoms with Crippen LogP contribution < -0.4 is 4.90 Å². The van der Waals surface area contributed by atoms with Crippen LogP contribution in [-0.2, 0) is 31.1 Å². The Morgan fingerprint density at radius 3 is 2.96 bits per heavy atom. The molecule has 5 rings (SSSR count). The number of anilines is 1. The zero-order valence-electron chi connectivity index (χ0n) is 15.9. The largest absolute Gasteiger partial charge is 0.485 e. The molecule has 3 heterocycles. The van der Waals surface area contributed by atoms with Crippen LogP contribution in [0.3, 0.4) is 0 Å². The van der Waals surface area contributed by atoms with Gasteiger partial charge in [-0.1, -0.05) is 19.9 Å². The van der Waals surface area contributed by atoms with E-state index in [0.29, 0.717) is 12.2 Å². The van der Waals surface area contributed by atoms with Crippen LogP contribution in [0.15, 0.2) is 65.1 Å². The maximum Gasteiger partial charge on any atom is 0.293 e. The van der Waals surface area contributed by atoms with Gasteiger partial charge in [-0.25, -0.2) is 0 Å². The van der Waals surface area contributed by atoms with Gasteiger partial charge < -0.3 is 14.4 Å². The Labute approximate surface area is 163 Å².